The van der Waals surface area contributed by atoms with E-state index in [0.717, 1.165) is 0 Å². The summed E-state index contributed by atoms with van der Waals surface area (Å²) in [7, 11) is -3.84. The molecule has 0 bridgehead atoms. The lowest BCUT2D eigenvalue weighted by Gasteiger charge is -2.25. The zero-order valence-electron chi connectivity index (χ0n) is 15.4. The Bertz CT molecular complexity index is 713. The quantitative estimate of drug-likeness (QED) is 0.579. The van der Waals surface area contributed by atoms with Crippen molar-refractivity contribution < 1.29 is 27.9 Å². The number of benzene rings is 1. The number of carbonyl (C=O) groups is 2. The first kappa shape index (κ1) is 22.1. The Morgan fingerprint density at radius 3 is 2.27 bits per heavy atom. The summed E-state index contributed by atoms with van der Waals surface area (Å²) in [5, 5.41) is 11.2. The smallest absolute Gasteiger partial charge is 0.325 e. The van der Waals surface area contributed by atoms with Gasteiger partial charge in [-0.2, -0.15) is 0 Å². The standard InChI is InChI=1S/C17H26N2O6S/c1-12(16(21)22)18-15(20)14(10-25-17(2,3)4)19-26(23,24)11-13-8-6-5-7-9-13/h5-9,12,14,19H,10-11H2,1-4H3,(H,18,20)(H,21,22). The number of nitrogens with one attached hydrogen (secondary N) is 2. The number of rotatable bonds is 9. The summed E-state index contributed by atoms with van der Waals surface area (Å²) in [6.45, 7) is 6.36. The number of hydrogen-bond donors (Lipinski definition) is 3. The number of carbonyl (C=O) groups excluding carboxylic acids is 1. The molecule has 0 fully saturated rings. The monoisotopic (exact) mass is 386 g/mol. The van der Waals surface area contributed by atoms with Gasteiger partial charge in [-0.05, 0) is 33.3 Å². The largest absolute Gasteiger partial charge is 0.480 e. The summed E-state index contributed by atoms with van der Waals surface area (Å²) in [5.74, 6) is -2.29. The molecule has 0 spiro atoms. The van der Waals surface area contributed by atoms with Crippen molar-refractivity contribution in [3.05, 3.63) is 35.9 Å². The molecule has 1 aromatic carbocycles. The lowest BCUT2D eigenvalue weighted by molar-refractivity contribution is -0.142. The summed E-state index contributed by atoms with van der Waals surface area (Å²) < 4.78 is 32.6. The molecule has 8 nitrogen and oxygen atoms in total. The van der Waals surface area contributed by atoms with Crippen molar-refractivity contribution in [3.63, 3.8) is 0 Å². The summed E-state index contributed by atoms with van der Waals surface area (Å²) in [6.07, 6.45) is 0. The molecule has 0 aromatic heterocycles. The molecule has 0 radical (unpaired) electrons. The maximum absolute atomic E-state index is 12.4. The molecule has 26 heavy (non-hydrogen) atoms. The lowest BCUT2D eigenvalue weighted by Crippen LogP contribution is -2.53. The molecular formula is C17H26N2O6S. The van der Waals surface area contributed by atoms with Crippen LogP contribution in [0.15, 0.2) is 30.3 Å². The van der Waals surface area contributed by atoms with Crippen molar-refractivity contribution in [2.75, 3.05) is 6.61 Å². The molecule has 0 heterocycles. The van der Waals surface area contributed by atoms with E-state index < -0.39 is 39.6 Å². The summed E-state index contributed by atoms with van der Waals surface area (Å²) >= 11 is 0. The molecule has 0 saturated carbocycles. The van der Waals surface area contributed by atoms with Crippen LogP contribution in [0.4, 0.5) is 0 Å². The van der Waals surface area contributed by atoms with E-state index in [2.05, 4.69) is 10.0 Å². The van der Waals surface area contributed by atoms with E-state index in [1.165, 1.54) is 6.92 Å². The minimum atomic E-state index is -3.84. The van der Waals surface area contributed by atoms with Gasteiger partial charge >= 0.3 is 5.97 Å². The molecule has 2 atom stereocenters. The molecule has 0 aliphatic carbocycles. The Hall–Kier alpha value is -1.97. The third kappa shape index (κ3) is 8.41. The van der Waals surface area contributed by atoms with Crippen molar-refractivity contribution in [1.82, 2.24) is 10.0 Å². The molecule has 3 N–H and O–H groups in total. The maximum Gasteiger partial charge on any atom is 0.325 e. The lowest BCUT2D eigenvalue weighted by atomic mass is 10.2. The average molecular weight is 386 g/mol. The Morgan fingerprint density at radius 2 is 1.77 bits per heavy atom. The second-order valence-corrected chi connectivity index (χ2v) is 8.66. The summed E-state index contributed by atoms with van der Waals surface area (Å²) in [4.78, 5) is 23.2. The van der Waals surface area contributed by atoms with Gasteiger partial charge < -0.3 is 15.2 Å². The molecule has 146 valence electrons. The zero-order chi connectivity index (χ0) is 20.0. The van der Waals surface area contributed by atoms with Gasteiger partial charge in [0.25, 0.3) is 0 Å². The molecule has 0 aliphatic rings. The van der Waals surface area contributed by atoms with Crippen LogP contribution in [0.25, 0.3) is 0 Å². The predicted octanol–water partition coefficient (Wildman–Crippen LogP) is 0.879. The van der Waals surface area contributed by atoms with E-state index in [4.69, 9.17) is 9.84 Å². The second-order valence-electron chi connectivity index (χ2n) is 6.91. The van der Waals surface area contributed by atoms with Crippen LogP contribution in [0.3, 0.4) is 0 Å². The van der Waals surface area contributed by atoms with Gasteiger partial charge in [-0.15, -0.1) is 0 Å². The van der Waals surface area contributed by atoms with E-state index in [1.54, 1.807) is 51.1 Å². The van der Waals surface area contributed by atoms with Crippen LogP contribution >= 0.6 is 0 Å². The fraction of sp³-hybridized carbons (Fsp3) is 0.529. The number of sulfonamides is 1. The van der Waals surface area contributed by atoms with E-state index in [-0.39, 0.29) is 12.4 Å². The highest BCUT2D eigenvalue weighted by Gasteiger charge is 2.28. The van der Waals surface area contributed by atoms with E-state index in [9.17, 15) is 18.0 Å². The number of carboxylic acids is 1. The first-order valence-corrected chi connectivity index (χ1v) is 9.76. The summed E-state index contributed by atoms with van der Waals surface area (Å²) in [5.41, 5.74) is -0.0308. The first-order chi connectivity index (χ1) is 11.9. The zero-order valence-corrected chi connectivity index (χ0v) is 16.2. The van der Waals surface area contributed by atoms with Crippen LogP contribution in [0.5, 0.6) is 0 Å². The summed E-state index contributed by atoms with van der Waals surface area (Å²) in [6, 6.07) is 6.12. The van der Waals surface area contributed by atoms with Crippen LogP contribution in [0.2, 0.25) is 0 Å². The van der Waals surface area contributed by atoms with Gasteiger partial charge in [0.05, 0.1) is 18.0 Å². The molecular weight excluding hydrogens is 360 g/mol. The molecule has 9 heteroatoms. The Balaban J connectivity index is 2.89. The van der Waals surface area contributed by atoms with Gasteiger partial charge in [0.2, 0.25) is 15.9 Å². The second kappa shape index (κ2) is 9.11. The van der Waals surface area contributed by atoms with E-state index >= 15 is 0 Å². The highest BCUT2D eigenvalue weighted by molar-refractivity contribution is 7.88. The SMILES string of the molecule is CC(NC(=O)C(COC(C)(C)C)NS(=O)(=O)Cc1ccccc1)C(=O)O. The molecule has 1 aromatic rings. The van der Waals surface area contributed by atoms with Crippen LogP contribution in [-0.4, -0.2) is 49.7 Å². The van der Waals surface area contributed by atoms with Crippen molar-refractivity contribution in [2.45, 2.75) is 51.1 Å². The normalized spacial score (nSPS) is 14.5. The number of hydrogen-bond acceptors (Lipinski definition) is 5. The molecule has 0 saturated heterocycles. The average Bonchev–Trinajstić information content (AvgIpc) is 2.50. The third-order valence-electron chi connectivity index (χ3n) is 3.25. The fourth-order valence-corrected chi connectivity index (χ4v) is 3.25. The Morgan fingerprint density at radius 1 is 1.19 bits per heavy atom. The minimum absolute atomic E-state index is 0.226. The van der Waals surface area contributed by atoms with Crippen LogP contribution in [0, 0.1) is 0 Å². The highest BCUT2D eigenvalue weighted by Crippen LogP contribution is 2.09. The third-order valence-corrected chi connectivity index (χ3v) is 4.61. The van der Waals surface area contributed by atoms with Gasteiger partial charge in [-0.3, -0.25) is 9.59 Å². The van der Waals surface area contributed by atoms with Gasteiger partial charge in [-0.1, -0.05) is 30.3 Å². The van der Waals surface area contributed by atoms with Gasteiger partial charge in [0.1, 0.15) is 12.1 Å². The van der Waals surface area contributed by atoms with Crippen molar-refractivity contribution >= 4 is 21.9 Å². The topological polar surface area (TPSA) is 122 Å². The van der Waals surface area contributed by atoms with Crippen LogP contribution < -0.4 is 10.0 Å². The van der Waals surface area contributed by atoms with Crippen molar-refractivity contribution in [2.24, 2.45) is 0 Å². The van der Waals surface area contributed by atoms with E-state index in [0.29, 0.717) is 5.56 Å². The fourth-order valence-electron chi connectivity index (χ4n) is 1.92. The Kier molecular flexibility index (Phi) is 7.73. The molecule has 1 amide bonds. The van der Waals surface area contributed by atoms with Crippen LogP contribution in [0.1, 0.15) is 33.3 Å². The predicted molar refractivity (Wildman–Crippen MR) is 96.9 cm³/mol. The molecule has 0 aliphatic heterocycles. The molecule has 2 unspecified atom stereocenters. The van der Waals surface area contributed by atoms with Crippen molar-refractivity contribution in [3.8, 4) is 0 Å². The number of carboxylic acid groups (broad SMARTS) is 1. The Labute approximate surface area is 154 Å². The van der Waals surface area contributed by atoms with Gasteiger partial charge in [0, 0.05) is 0 Å². The van der Waals surface area contributed by atoms with E-state index in [1.807, 2.05) is 0 Å². The number of ether oxygens (including phenoxy) is 1. The number of amides is 1. The van der Waals surface area contributed by atoms with Crippen molar-refractivity contribution in [1.29, 1.82) is 0 Å². The maximum atomic E-state index is 12.4. The first-order valence-electron chi connectivity index (χ1n) is 8.11. The highest BCUT2D eigenvalue weighted by atomic mass is 32.2. The number of aliphatic carboxylic acids is 1. The minimum Gasteiger partial charge on any atom is -0.480 e. The van der Waals surface area contributed by atoms with Crippen LogP contribution in [-0.2, 0) is 30.1 Å². The van der Waals surface area contributed by atoms with Gasteiger partial charge in [-0.25, -0.2) is 13.1 Å². The molecule has 1 rings (SSSR count). The van der Waals surface area contributed by atoms with Gasteiger partial charge in [0.15, 0.2) is 0 Å².